The van der Waals surface area contributed by atoms with Crippen LogP contribution < -0.4 is 21.3 Å². The Labute approximate surface area is 214 Å². The number of aromatic nitrogens is 2. The third-order valence-electron chi connectivity index (χ3n) is 7.01. The molecule has 1 aromatic carbocycles. The largest absolute Gasteiger partial charge is 0.381 e. The summed E-state index contributed by atoms with van der Waals surface area (Å²) in [5.41, 5.74) is 5.01. The van der Waals surface area contributed by atoms with Crippen LogP contribution in [0.2, 0.25) is 0 Å². The summed E-state index contributed by atoms with van der Waals surface area (Å²) in [7, 11) is 1.67. The molecule has 5 rings (SSSR count). The smallest absolute Gasteiger partial charge is 0.255 e. The molecule has 0 spiro atoms. The van der Waals surface area contributed by atoms with E-state index < -0.39 is 0 Å². The van der Waals surface area contributed by atoms with Crippen LogP contribution in [0.4, 0.5) is 17.2 Å². The Morgan fingerprint density at radius 1 is 1.00 bits per heavy atom. The minimum absolute atomic E-state index is 0.0325. The molecule has 2 aliphatic rings. The number of nitrogens with one attached hydrogen (secondary N) is 4. The van der Waals surface area contributed by atoms with Crippen molar-refractivity contribution in [3.8, 4) is 0 Å². The summed E-state index contributed by atoms with van der Waals surface area (Å²) in [5.74, 6) is 0.642. The minimum atomic E-state index is -0.141. The van der Waals surface area contributed by atoms with Gasteiger partial charge < -0.3 is 26.0 Å². The molecule has 0 unspecified atom stereocenters. The summed E-state index contributed by atoms with van der Waals surface area (Å²) in [6.07, 6.45) is 6.56. The molecule has 0 atom stereocenters. The molecule has 2 fully saturated rings. The number of carbonyl (C=O) groups is 2. The van der Waals surface area contributed by atoms with E-state index in [-0.39, 0.29) is 29.8 Å². The lowest BCUT2D eigenvalue weighted by molar-refractivity contribution is -0.125. The van der Waals surface area contributed by atoms with E-state index in [9.17, 15) is 9.59 Å². The Morgan fingerprint density at radius 3 is 2.58 bits per heavy atom. The van der Waals surface area contributed by atoms with Gasteiger partial charge in [-0.15, -0.1) is 11.3 Å². The number of hydrogen-bond acceptors (Lipinski definition) is 8. The summed E-state index contributed by atoms with van der Waals surface area (Å²) in [6.45, 7) is 1.41. The van der Waals surface area contributed by atoms with Gasteiger partial charge in [0.1, 0.15) is 5.82 Å². The molecule has 3 aromatic rings. The van der Waals surface area contributed by atoms with E-state index in [1.165, 1.54) is 0 Å². The molecule has 190 valence electrons. The van der Waals surface area contributed by atoms with Crippen LogP contribution in [-0.4, -0.2) is 54.1 Å². The molecular weight excluding hydrogens is 476 g/mol. The van der Waals surface area contributed by atoms with E-state index >= 15 is 0 Å². The van der Waals surface area contributed by atoms with Crippen LogP contribution in [0.15, 0.2) is 36.0 Å². The zero-order valence-corrected chi connectivity index (χ0v) is 21.2. The molecule has 3 heterocycles. The Morgan fingerprint density at radius 2 is 1.81 bits per heavy atom. The summed E-state index contributed by atoms with van der Waals surface area (Å²) in [6, 6.07) is 8.20. The Hall–Kier alpha value is -3.24. The monoisotopic (exact) mass is 508 g/mol. The molecule has 2 amide bonds. The number of ether oxygens (including phenoxy) is 1. The van der Waals surface area contributed by atoms with Gasteiger partial charge in [-0.3, -0.25) is 9.59 Å². The van der Waals surface area contributed by atoms with Crippen LogP contribution in [0.25, 0.3) is 10.2 Å². The van der Waals surface area contributed by atoms with E-state index in [4.69, 9.17) is 4.74 Å². The van der Waals surface area contributed by atoms with Gasteiger partial charge >= 0.3 is 0 Å². The highest BCUT2D eigenvalue weighted by Crippen LogP contribution is 2.28. The standard InChI is InChI=1S/C26H32N6O3S/c1-27-25(33)16-2-4-17(5-3-16)32-26(34)20-14-28-24(13-22(20)30-18-8-10-35-11-9-18)31-19-6-7-21-23(12-19)36-15-29-21/h6-7,12-18H,2-5,8-11H2,1H3,(H,27,33)(H,32,34)(H2,28,30,31). The molecule has 1 aliphatic carbocycles. The third-order valence-corrected chi connectivity index (χ3v) is 7.80. The maximum absolute atomic E-state index is 13.3. The van der Waals surface area contributed by atoms with Crippen LogP contribution in [-0.2, 0) is 9.53 Å². The maximum Gasteiger partial charge on any atom is 0.255 e. The second-order valence-corrected chi connectivity index (χ2v) is 10.3. The zero-order chi connectivity index (χ0) is 24.9. The second kappa shape index (κ2) is 11.2. The number of hydrogen-bond donors (Lipinski definition) is 4. The van der Waals surface area contributed by atoms with E-state index in [1.54, 1.807) is 24.6 Å². The first kappa shape index (κ1) is 24.5. The molecule has 9 nitrogen and oxygen atoms in total. The zero-order valence-electron chi connectivity index (χ0n) is 20.4. The number of nitrogens with zero attached hydrogens (tertiary/aromatic N) is 2. The van der Waals surface area contributed by atoms with Crippen molar-refractivity contribution in [1.29, 1.82) is 0 Å². The summed E-state index contributed by atoms with van der Waals surface area (Å²) < 4.78 is 6.60. The average Bonchev–Trinajstić information content (AvgIpc) is 3.37. The molecule has 1 saturated heterocycles. The van der Waals surface area contributed by atoms with Crippen LogP contribution in [0.3, 0.4) is 0 Å². The van der Waals surface area contributed by atoms with E-state index in [1.807, 2.05) is 23.7 Å². The molecule has 2 aromatic heterocycles. The number of fused-ring (bicyclic) bond motifs is 1. The first-order valence-electron chi connectivity index (χ1n) is 12.6. The predicted molar refractivity (Wildman–Crippen MR) is 142 cm³/mol. The predicted octanol–water partition coefficient (Wildman–Crippen LogP) is 4.06. The molecule has 10 heteroatoms. The number of benzene rings is 1. The Kier molecular flexibility index (Phi) is 7.62. The topological polar surface area (TPSA) is 117 Å². The molecule has 0 bridgehead atoms. The lowest BCUT2D eigenvalue weighted by Gasteiger charge is -2.29. The highest BCUT2D eigenvalue weighted by atomic mass is 32.1. The SMILES string of the molecule is CNC(=O)C1CCC(NC(=O)c2cnc(Nc3ccc4ncsc4c3)cc2NC2CCOCC2)CC1. The Bertz CT molecular complexity index is 1220. The number of amides is 2. The molecule has 1 aliphatic heterocycles. The van der Waals surface area contributed by atoms with Crippen molar-refractivity contribution in [3.05, 3.63) is 41.5 Å². The van der Waals surface area contributed by atoms with Gasteiger partial charge in [0.25, 0.3) is 5.91 Å². The fourth-order valence-electron chi connectivity index (χ4n) is 4.93. The van der Waals surface area contributed by atoms with Gasteiger partial charge in [0, 0.05) is 56.2 Å². The Balaban J connectivity index is 1.31. The van der Waals surface area contributed by atoms with Crippen LogP contribution in [0, 0.1) is 5.92 Å². The van der Waals surface area contributed by atoms with Gasteiger partial charge in [-0.05, 0) is 56.7 Å². The lowest BCUT2D eigenvalue weighted by atomic mass is 9.85. The molecule has 36 heavy (non-hydrogen) atoms. The van der Waals surface area contributed by atoms with Crippen molar-refractivity contribution in [3.63, 3.8) is 0 Å². The van der Waals surface area contributed by atoms with Crippen molar-refractivity contribution in [1.82, 2.24) is 20.6 Å². The quantitative estimate of drug-likeness (QED) is 0.380. The highest BCUT2D eigenvalue weighted by molar-refractivity contribution is 7.16. The number of carbonyl (C=O) groups excluding carboxylic acids is 2. The molecule has 4 N–H and O–H groups in total. The maximum atomic E-state index is 13.3. The van der Waals surface area contributed by atoms with Crippen molar-refractivity contribution in [2.45, 2.75) is 50.6 Å². The van der Waals surface area contributed by atoms with Gasteiger partial charge in [0.05, 0.1) is 27.0 Å². The first-order chi connectivity index (χ1) is 17.6. The second-order valence-electron chi connectivity index (χ2n) is 9.44. The first-order valence-corrected chi connectivity index (χ1v) is 13.4. The van der Waals surface area contributed by atoms with Gasteiger partial charge in [0.15, 0.2) is 0 Å². The van der Waals surface area contributed by atoms with E-state index in [0.717, 1.165) is 60.1 Å². The van der Waals surface area contributed by atoms with Crippen molar-refractivity contribution < 1.29 is 14.3 Å². The third kappa shape index (κ3) is 5.76. The number of thiazole rings is 1. The van der Waals surface area contributed by atoms with E-state index in [2.05, 4.69) is 37.3 Å². The lowest BCUT2D eigenvalue weighted by Crippen LogP contribution is -2.40. The minimum Gasteiger partial charge on any atom is -0.381 e. The number of pyridine rings is 1. The average molecular weight is 509 g/mol. The van der Waals surface area contributed by atoms with E-state index in [0.29, 0.717) is 24.6 Å². The van der Waals surface area contributed by atoms with Crippen molar-refractivity contribution in [2.75, 3.05) is 30.9 Å². The fraction of sp³-hybridized carbons (Fsp3) is 0.462. The fourth-order valence-corrected chi connectivity index (χ4v) is 5.65. The normalized spacial score (nSPS) is 20.6. The van der Waals surface area contributed by atoms with Gasteiger partial charge in [-0.2, -0.15) is 0 Å². The van der Waals surface area contributed by atoms with Crippen LogP contribution in [0.5, 0.6) is 0 Å². The van der Waals surface area contributed by atoms with Crippen LogP contribution in [0.1, 0.15) is 48.9 Å². The summed E-state index contributed by atoms with van der Waals surface area (Å²) in [4.78, 5) is 34.1. The summed E-state index contributed by atoms with van der Waals surface area (Å²) in [5, 5.41) is 12.8. The van der Waals surface area contributed by atoms with Crippen LogP contribution >= 0.6 is 11.3 Å². The molecule has 0 radical (unpaired) electrons. The highest BCUT2D eigenvalue weighted by Gasteiger charge is 2.27. The van der Waals surface area contributed by atoms with Gasteiger partial charge in [-0.25, -0.2) is 9.97 Å². The van der Waals surface area contributed by atoms with Gasteiger partial charge in [-0.1, -0.05) is 0 Å². The number of anilines is 3. The molecule has 1 saturated carbocycles. The van der Waals surface area contributed by atoms with Crippen molar-refractivity contribution in [2.24, 2.45) is 5.92 Å². The number of rotatable bonds is 7. The summed E-state index contributed by atoms with van der Waals surface area (Å²) >= 11 is 1.59. The van der Waals surface area contributed by atoms with Crippen molar-refractivity contribution >= 4 is 50.6 Å². The van der Waals surface area contributed by atoms with Gasteiger partial charge in [0.2, 0.25) is 5.91 Å². The molecular formula is C26H32N6O3S.